The van der Waals surface area contributed by atoms with E-state index in [0.717, 1.165) is 0 Å². The first-order valence-corrected chi connectivity index (χ1v) is 6.22. The number of anilines is 2. The van der Waals surface area contributed by atoms with E-state index in [0.29, 0.717) is 0 Å². The summed E-state index contributed by atoms with van der Waals surface area (Å²) in [6.07, 6.45) is 0. The van der Waals surface area contributed by atoms with Gasteiger partial charge in [0.1, 0.15) is 5.82 Å². The summed E-state index contributed by atoms with van der Waals surface area (Å²) in [7, 11) is -4.19. The Kier molecular flexibility index (Phi) is 3.47. The number of rotatable bonds is 3. The van der Waals surface area contributed by atoms with Crippen molar-refractivity contribution in [1.29, 1.82) is 0 Å². The highest BCUT2D eigenvalue weighted by Gasteiger charge is 2.32. The van der Waals surface area contributed by atoms with Crippen LogP contribution in [0.4, 0.5) is 11.9 Å². The predicted octanol–water partition coefficient (Wildman–Crippen LogP) is -0.294. The molecule has 1 aromatic rings. The highest BCUT2D eigenvalue weighted by atomic mass is 31.2. The third-order valence-electron chi connectivity index (χ3n) is 2.35. The van der Waals surface area contributed by atoms with Gasteiger partial charge < -0.3 is 21.3 Å². The number of aromatic nitrogens is 3. The van der Waals surface area contributed by atoms with E-state index in [1.165, 1.54) is 6.92 Å². The molecular weight excluding hydrogens is 233 g/mol. The van der Waals surface area contributed by atoms with E-state index in [1.54, 1.807) is 6.92 Å². The molecule has 0 saturated carbocycles. The zero-order valence-electron chi connectivity index (χ0n) is 8.90. The maximum Gasteiger partial charge on any atom is 0.329 e. The first-order chi connectivity index (χ1) is 7.21. The Morgan fingerprint density at radius 1 is 1.12 bits per heavy atom. The molecule has 1 heterocycles. The lowest BCUT2D eigenvalue weighted by atomic mass is 10.1. The molecule has 1 aromatic heterocycles. The molecule has 8 nitrogen and oxygen atoms in total. The topological polar surface area (TPSA) is 148 Å². The highest BCUT2D eigenvalue weighted by molar-refractivity contribution is 7.52. The molecule has 0 spiro atoms. The van der Waals surface area contributed by atoms with E-state index in [4.69, 9.17) is 21.3 Å². The second-order valence-corrected chi connectivity index (χ2v) is 5.52. The van der Waals surface area contributed by atoms with Crippen molar-refractivity contribution in [2.45, 2.75) is 25.4 Å². The van der Waals surface area contributed by atoms with Gasteiger partial charge in [-0.2, -0.15) is 15.0 Å². The number of nitrogens with two attached hydrogens (primary N) is 2. The maximum atomic E-state index is 11.1. The van der Waals surface area contributed by atoms with Gasteiger partial charge in [-0.15, -0.1) is 0 Å². The quantitative estimate of drug-likeness (QED) is 0.532. The molecular formula is C7H14N5O3P. The second-order valence-electron chi connectivity index (χ2n) is 3.53. The van der Waals surface area contributed by atoms with Crippen molar-refractivity contribution in [1.82, 2.24) is 15.0 Å². The third-order valence-corrected chi connectivity index (χ3v) is 3.86. The van der Waals surface area contributed by atoms with E-state index in [9.17, 15) is 4.57 Å². The second kappa shape index (κ2) is 4.32. The molecule has 0 saturated heterocycles. The fourth-order valence-electron chi connectivity index (χ4n) is 1.14. The van der Waals surface area contributed by atoms with Gasteiger partial charge in [0.25, 0.3) is 0 Å². The molecule has 16 heavy (non-hydrogen) atoms. The Morgan fingerprint density at radius 3 is 1.94 bits per heavy atom. The molecule has 0 amide bonds. The maximum absolute atomic E-state index is 11.1. The monoisotopic (exact) mass is 247 g/mol. The Balaban J connectivity index is 3.05. The Bertz CT molecular complexity index is 414. The summed E-state index contributed by atoms with van der Waals surface area (Å²) in [5.41, 5.74) is 9.83. The number of nitrogen functional groups attached to an aromatic ring is 2. The molecule has 0 aliphatic heterocycles. The van der Waals surface area contributed by atoms with Crippen LogP contribution >= 0.6 is 7.60 Å². The largest absolute Gasteiger partial charge is 0.368 e. The number of nitrogens with zero attached hydrogens (tertiary/aromatic N) is 3. The molecule has 2 unspecified atom stereocenters. The normalized spacial score (nSPS) is 15.8. The van der Waals surface area contributed by atoms with Crippen LogP contribution in [0.2, 0.25) is 0 Å². The van der Waals surface area contributed by atoms with Crippen LogP contribution in [-0.2, 0) is 4.57 Å². The van der Waals surface area contributed by atoms with Crippen molar-refractivity contribution in [3.8, 4) is 0 Å². The van der Waals surface area contributed by atoms with Gasteiger partial charge in [-0.3, -0.25) is 4.57 Å². The minimum absolute atomic E-state index is 0.0627. The van der Waals surface area contributed by atoms with E-state index >= 15 is 0 Å². The third kappa shape index (κ3) is 2.88. The Morgan fingerprint density at radius 2 is 1.56 bits per heavy atom. The van der Waals surface area contributed by atoms with E-state index in [-0.39, 0.29) is 17.7 Å². The summed E-state index contributed by atoms with van der Waals surface area (Å²) in [5, 5.41) is 0. The summed E-state index contributed by atoms with van der Waals surface area (Å²) >= 11 is 0. The van der Waals surface area contributed by atoms with E-state index in [2.05, 4.69) is 15.0 Å². The zero-order chi connectivity index (χ0) is 12.5. The van der Waals surface area contributed by atoms with Crippen LogP contribution in [0.25, 0.3) is 0 Å². The van der Waals surface area contributed by atoms with Crippen molar-refractivity contribution >= 4 is 19.5 Å². The van der Waals surface area contributed by atoms with Crippen molar-refractivity contribution in [3.63, 3.8) is 0 Å². The molecule has 90 valence electrons. The molecule has 1 rings (SSSR count). The predicted molar refractivity (Wildman–Crippen MR) is 58.6 cm³/mol. The van der Waals surface area contributed by atoms with Crippen LogP contribution in [-0.4, -0.2) is 30.4 Å². The fraction of sp³-hybridized carbons (Fsp3) is 0.571. The molecule has 2 atom stereocenters. The average Bonchev–Trinajstić information content (AvgIpc) is 2.12. The van der Waals surface area contributed by atoms with Gasteiger partial charge in [0, 0.05) is 5.92 Å². The Hall–Kier alpha value is -1.24. The van der Waals surface area contributed by atoms with Crippen LogP contribution in [0.5, 0.6) is 0 Å². The van der Waals surface area contributed by atoms with Gasteiger partial charge in [-0.25, -0.2) is 0 Å². The molecule has 6 N–H and O–H groups in total. The minimum Gasteiger partial charge on any atom is -0.368 e. The molecule has 0 aliphatic carbocycles. The van der Waals surface area contributed by atoms with Crippen molar-refractivity contribution in [2.24, 2.45) is 0 Å². The molecule has 0 bridgehead atoms. The van der Waals surface area contributed by atoms with Crippen LogP contribution in [0, 0.1) is 0 Å². The standard InChI is InChI=1S/C7H14N5O3P/c1-3(4(2)16(13,14)15)5-10-6(8)12-7(9)11-5/h3-4H,1-2H3,(H2,13,14,15)(H4,8,9,10,11,12). The lowest BCUT2D eigenvalue weighted by molar-refractivity contribution is 0.352. The number of hydrogen-bond donors (Lipinski definition) is 4. The summed E-state index contributed by atoms with van der Waals surface area (Å²) in [4.78, 5) is 29.2. The van der Waals surface area contributed by atoms with Gasteiger partial charge in [0.05, 0.1) is 5.66 Å². The molecule has 9 heteroatoms. The molecule has 0 radical (unpaired) electrons. The summed E-state index contributed by atoms with van der Waals surface area (Å²) in [6.45, 7) is 3.01. The SMILES string of the molecule is CC(c1nc(N)nc(N)n1)C(C)P(=O)(O)O. The van der Waals surface area contributed by atoms with Crippen molar-refractivity contribution in [2.75, 3.05) is 11.5 Å². The summed E-state index contributed by atoms with van der Waals surface area (Å²) < 4.78 is 11.1. The van der Waals surface area contributed by atoms with Gasteiger partial charge in [0.15, 0.2) is 0 Å². The number of hydrogen-bond acceptors (Lipinski definition) is 6. The highest BCUT2D eigenvalue weighted by Crippen LogP contribution is 2.46. The fourth-order valence-corrected chi connectivity index (χ4v) is 1.85. The first kappa shape index (κ1) is 12.8. The Labute approximate surface area is 92.3 Å². The zero-order valence-corrected chi connectivity index (χ0v) is 9.80. The molecule has 0 aromatic carbocycles. The van der Waals surface area contributed by atoms with E-state index < -0.39 is 19.2 Å². The molecule has 0 aliphatic rings. The summed E-state index contributed by atoms with van der Waals surface area (Å²) in [5.74, 6) is -0.506. The van der Waals surface area contributed by atoms with E-state index in [1.807, 2.05) is 0 Å². The van der Waals surface area contributed by atoms with Gasteiger partial charge in [-0.1, -0.05) is 13.8 Å². The van der Waals surface area contributed by atoms with Crippen LogP contribution in [0.1, 0.15) is 25.6 Å². The van der Waals surface area contributed by atoms with Gasteiger partial charge in [0.2, 0.25) is 11.9 Å². The lowest BCUT2D eigenvalue weighted by Gasteiger charge is -2.19. The lowest BCUT2D eigenvalue weighted by Crippen LogP contribution is -2.17. The van der Waals surface area contributed by atoms with Crippen molar-refractivity contribution < 1.29 is 14.4 Å². The van der Waals surface area contributed by atoms with Crippen LogP contribution in [0.3, 0.4) is 0 Å². The smallest absolute Gasteiger partial charge is 0.329 e. The van der Waals surface area contributed by atoms with Gasteiger partial charge in [-0.05, 0) is 0 Å². The minimum atomic E-state index is -4.19. The summed E-state index contributed by atoms with van der Waals surface area (Å²) in [6, 6.07) is 0. The van der Waals surface area contributed by atoms with Gasteiger partial charge >= 0.3 is 7.60 Å². The van der Waals surface area contributed by atoms with Crippen molar-refractivity contribution in [3.05, 3.63) is 5.82 Å². The molecule has 0 fully saturated rings. The average molecular weight is 247 g/mol. The first-order valence-electron chi connectivity index (χ1n) is 4.54. The van der Waals surface area contributed by atoms with Crippen LogP contribution in [0.15, 0.2) is 0 Å². The van der Waals surface area contributed by atoms with Crippen LogP contribution < -0.4 is 11.5 Å².